The third-order valence-electron chi connectivity index (χ3n) is 3.48. The zero-order valence-electron chi connectivity index (χ0n) is 11.6. The van der Waals surface area contributed by atoms with Crippen LogP contribution < -0.4 is 5.32 Å². The lowest BCUT2D eigenvalue weighted by Crippen LogP contribution is -2.65. The first-order valence-electron chi connectivity index (χ1n) is 6.58. The highest BCUT2D eigenvalue weighted by molar-refractivity contribution is 7.09. The van der Waals surface area contributed by atoms with Crippen LogP contribution in [0.15, 0.2) is 17.5 Å². The van der Waals surface area contributed by atoms with Gasteiger partial charge in [-0.3, -0.25) is 19.7 Å². The maximum absolute atomic E-state index is 12.2. The van der Waals surface area contributed by atoms with E-state index >= 15 is 0 Å². The van der Waals surface area contributed by atoms with Gasteiger partial charge in [0, 0.05) is 11.3 Å². The normalized spacial score (nSPS) is 18.0. The Balaban J connectivity index is 1.93. The standard InChI is InChI=1S/C14H18N2O3S/c1-14(2)13(19)15-11(17)9-16(14)12(18)7-3-5-10-6-4-8-20-10/h4,6,8H,3,5,7,9H2,1-2H3,(H,15,17,19). The number of nitrogens with one attached hydrogen (secondary N) is 1. The Bertz CT molecular complexity index is 523. The minimum atomic E-state index is -0.964. The summed E-state index contributed by atoms with van der Waals surface area (Å²) in [4.78, 5) is 38.0. The zero-order chi connectivity index (χ0) is 14.8. The lowest BCUT2D eigenvalue weighted by molar-refractivity contribution is -0.155. The maximum Gasteiger partial charge on any atom is 0.252 e. The number of nitrogens with zero attached hydrogens (tertiary/aromatic N) is 1. The lowest BCUT2D eigenvalue weighted by Gasteiger charge is -2.40. The van der Waals surface area contributed by atoms with Crippen LogP contribution in [0, 0.1) is 0 Å². The van der Waals surface area contributed by atoms with E-state index in [9.17, 15) is 14.4 Å². The second kappa shape index (κ2) is 5.75. The van der Waals surface area contributed by atoms with E-state index in [1.165, 1.54) is 9.78 Å². The molecule has 1 fully saturated rings. The van der Waals surface area contributed by atoms with Gasteiger partial charge >= 0.3 is 0 Å². The van der Waals surface area contributed by atoms with Crippen LogP contribution in [0.4, 0.5) is 0 Å². The first-order valence-corrected chi connectivity index (χ1v) is 7.46. The van der Waals surface area contributed by atoms with Crippen molar-refractivity contribution in [3.05, 3.63) is 22.4 Å². The Labute approximate surface area is 122 Å². The van der Waals surface area contributed by atoms with Gasteiger partial charge in [0.05, 0.1) is 0 Å². The predicted octanol–water partition coefficient (Wildman–Crippen LogP) is 1.33. The molecular formula is C14H18N2O3S. The second-order valence-corrected chi connectivity index (χ2v) is 6.38. The topological polar surface area (TPSA) is 66.5 Å². The summed E-state index contributed by atoms with van der Waals surface area (Å²) in [6.45, 7) is 3.27. The van der Waals surface area contributed by atoms with Crippen molar-refractivity contribution in [3.8, 4) is 0 Å². The molecule has 0 spiro atoms. The Morgan fingerprint density at radius 1 is 1.45 bits per heavy atom. The number of aryl methyl sites for hydroxylation is 1. The number of hydrogen-bond donors (Lipinski definition) is 1. The van der Waals surface area contributed by atoms with Crippen molar-refractivity contribution in [1.29, 1.82) is 0 Å². The van der Waals surface area contributed by atoms with Gasteiger partial charge in [0.15, 0.2) is 0 Å². The number of carbonyl (C=O) groups excluding carboxylic acids is 3. The van der Waals surface area contributed by atoms with Crippen LogP contribution in [0.1, 0.15) is 31.6 Å². The fourth-order valence-electron chi connectivity index (χ4n) is 2.19. The molecule has 2 rings (SSSR count). The number of carbonyl (C=O) groups is 3. The number of rotatable bonds is 4. The maximum atomic E-state index is 12.2. The van der Waals surface area contributed by atoms with Crippen molar-refractivity contribution < 1.29 is 14.4 Å². The Kier molecular flexibility index (Phi) is 4.23. The van der Waals surface area contributed by atoms with Crippen molar-refractivity contribution >= 4 is 29.1 Å². The fourth-order valence-corrected chi connectivity index (χ4v) is 2.94. The van der Waals surface area contributed by atoms with E-state index in [4.69, 9.17) is 0 Å². The lowest BCUT2D eigenvalue weighted by atomic mass is 9.97. The molecule has 1 aliphatic rings. The molecule has 5 nitrogen and oxygen atoms in total. The summed E-state index contributed by atoms with van der Waals surface area (Å²) in [6.07, 6.45) is 1.92. The first kappa shape index (κ1) is 14.7. The summed E-state index contributed by atoms with van der Waals surface area (Å²) in [5.74, 6) is -0.976. The van der Waals surface area contributed by atoms with Crippen molar-refractivity contribution in [1.82, 2.24) is 10.2 Å². The highest BCUT2D eigenvalue weighted by atomic mass is 32.1. The van der Waals surface area contributed by atoms with E-state index in [2.05, 4.69) is 5.32 Å². The van der Waals surface area contributed by atoms with E-state index in [-0.39, 0.29) is 12.5 Å². The SMILES string of the molecule is CC1(C)C(=O)NC(=O)CN1C(=O)CCCc1cccs1. The number of thiophene rings is 1. The highest BCUT2D eigenvalue weighted by Crippen LogP contribution is 2.20. The van der Waals surface area contributed by atoms with E-state index in [0.717, 1.165) is 12.8 Å². The first-order chi connectivity index (χ1) is 9.41. The fraction of sp³-hybridized carbons (Fsp3) is 0.500. The molecule has 1 aromatic heterocycles. The summed E-state index contributed by atoms with van der Waals surface area (Å²) in [6, 6.07) is 4.02. The molecule has 0 radical (unpaired) electrons. The molecule has 0 atom stereocenters. The average molecular weight is 294 g/mol. The molecule has 1 aromatic rings. The van der Waals surface area contributed by atoms with Gasteiger partial charge in [0.2, 0.25) is 11.8 Å². The van der Waals surface area contributed by atoms with Crippen LogP contribution >= 0.6 is 11.3 Å². The number of hydrogen-bond acceptors (Lipinski definition) is 4. The van der Waals surface area contributed by atoms with E-state index < -0.39 is 17.4 Å². The Hall–Kier alpha value is -1.69. The molecule has 1 aliphatic heterocycles. The minimum absolute atomic E-state index is 0.0451. The van der Waals surface area contributed by atoms with Gasteiger partial charge in [0.25, 0.3) is 5.91 Å². The molecule has 1 N–H and O–H groups in total. The Morgan fingerprint density at radius 3 is 2.85 bits per heavy atom. The molecule has 0 aliphatic carbocycles. The molecule has 20 heavy (non-hydrogen) atoms. The molecule has 6 heteroatoms. The van der Waals surface area contributed by atoms with Gasteiger partial charge in [-0.2, -0.15) is 0 Å². The zero-order valence-corrected chi connectivity index (χ0v) is 12.5. The van der Waals surface area contributed by atoms with Crippen LogP contribution in [0.5, 0.6) is 0 Å². The molecule has 1 saturated heterocycles. The van der Waals surface area contributed by atoms with Gasteiger partial charge in [-0.15, -0.1) is 11.3 Å². The average Bonchev–Trinajstić information content (AvgIpc) is 2.87. The summed E-state index contributed by atoms with van der Waals surface area (Å²) in [5, 5.41) is 4.27. The van der Waals surface area contributed by atoms with Gasteiger partial charge < -0.3 is 4.90 Å². The van der Waals surface area contributed by atoms with Crippen molar-refractivity contribution in [2.45, 2.75) is 38.6 Å². The molecule has 3 amide bonds. The van der Waals surface area contributed by atoms with Crippen LogP contribution in [-0.4, -0.2) is 34.7 Å². The summed E-state index contributed by atoms with van der Waals surface area (Å²) >= 11 is 1.67. The summed E-state index contributed by atoms with van der Waals surface area (Å²) in [5.41, 5.74) is -0.964. The van der Waals surface area contributed by atoms with Gasteiger partial charge in [0.1, 0.15) is 12.1 Å². The summed E-state index contributed by atoms with van der Waals surface area (Å²) in [7, 11) is 0. The molecule has 0 aromatic carbocycles. The van der Waals surface area contributed by atoms with E-state index in [1.54, 1.807) is 25.2 Å². The quantitative estimate of drug-likeness (QED) is 0.852. The molecule has 0 saturated carbocycles. The van der Waals surface area contributed by atoms with Crippen LogP contribution in [-0.2, 0) is 20.8 Å². The van der Waals surface area contributed by atoms with Gasteiger partial charge in [-0.25, -0.2) is 0 Å². The largest absolute Gasteiger partial charge is 0.319 e. The summed E-state index contributed by atoms with van der Waals surface area (Å²) < 4.78 is 0. The van der Waals surface area contributed by atoms with Crippen molar-refractivity contribution in [2.24, 2.45) is 0 Å². The van der Waals surface area contributed by atoms with E-state index in [1.807, 2.05) is 17.5 Å². The smallest absolute Gasteiger partial charge is 0.252 e. The number of piperazine rings is 1. The van der Waals surface area contributed by atoms with Crippen molar-refractivity contribution in [2.75, 3.05) is 6.54 Å². The number of imide groups is 1. The van der Waals surface area contributed by atoms with E-state index in [0.29, 0.717) is 6.42 Å². The minimum Gasteiger partial charge on any atom is -0.319 e. The number of amides is 3. The molecule has 0 unspecified atom stereocenters. The second-order valence-electron chi connectivity index (χ2n) is 5.35. The van der Waals surface area contributed by atoms with Crippen LogP contribution in [0.25, 0.3) is 0 Å². The van der Waals surface area contributed by atoms with Gasteiger partial charge in [-0.1, -0.05) is 6.07 Å². The third kappa shape index (κ3) is 3.07. The highest BCUT2D eigenvalue weighted by Gasteiger charge is 2.43. The van der Waals surface area contributed by atoms with Crippen LogP contribution in [0.3, 0.4) is 0 Å². The predicted molar refractivity (Wildman–Crippen MR) is 76.2 cm³/mol. The third-order valence-corrected chi connectivity index (χ3v) is 4.42. The molecule has 108 valence electrons. The molecular weight excluding hydrogens is 276 g/mol. The monoisotopic (exact) mass is 294 g/mol. The molecule has 0 bridgehead atoms. The van der Waals surface area contributed by atoms with Crippen molar-refractivity contribution in [3.63, 3.8) is 0 Å². The van der Waals surface area contributed by atoms with Gasteiger partial charge in [-0.05, 0) is 38.1 Å². The molecule has 2 heterocycles. The van der Waals surface area contributed by atoms with Crippen LogP contribution in [0.2, 0.25) is 0 Å². The Morgan fingerprint density at radius 2 is 2.20 bits per heavy atom.